The minimum atomic E-state index is -0.291. The third kappa shape index (κ3) is 2.83. The van der Waals surface area contributed by atoms with Crippen molar-refractivity contribution in [1.82, 2.24) is 9.88 Å². The van der Waals surface area contributed by atoms with Crippen molar-refractivity contribution in [3.8, 4) is 0 Å². The van der Waals surface area contributed by atoms with Crippen molar-refractivity contribution in [2.75, 3.05) is 13.1 Å². The van der Waals surface area contributed by atoms with Gasteiger partial charge in [0, 0.05) is 28.4 Å². The first-order valence-electron chi connectivity index (χ1n) is 7.78. The second-order valence-corrected chi connectivity index (χ2v) is 5.58. The molecule has 0 aliphatic carbocycles. The monoisotopic (exact) mass is 302 g/mol. The van der Waals surface area contributed by atoms with Crippen molar-refractivity contribution < 1.29 is 8.78 Å². The lowest BCUT2D eigenvalue weighted by molar-refractivity contribution is 0.593. The number of rotatable bonds is 6. The van der Waals surface area contributed by atoms with Crippen LogP contribution in [0.15, 0.2) is 36.4 Å². The van der Waals surface area contributed by atoms with Crippen LogP contribution in [0, 0.1) is 11.6 Å². The average Bonchev–Trinajstić information content (AvgIpc) is 2.80. The highest BCUT2D eigenvalue weighted by molar-refractivity contribution is 6.08. The average molecular weight is 302 g/mol. The Labute approximate surface area is 128 Å². The van der Waals surface area contributed by atoms with Gasteiger partial charge in [0.25, 0.3) is 0 Å². The van der Waals surface area contributed by atoms with E-state index < -0.39 is 0 Å². The summed E-state index contributed by atoms with van der Waals surface area (Å²) < 4.78 is 29.3. The molecule has 0 aliphatic rings. The van der Waals surface area contributed by atoms with Gasteiger partial charge in [-0.3, -0.25) is 0 Å². The van der Waals surface area contributed by atoms with Gasteiger partial charge in [0.2, 0.25) is 0 Å². The second kappa shape index (κ2) is 6.44. The van der Waals surface area contributed by atoms with Crippen molar-refractivity contribution in [2.45, 2.75) is 26.3 Å². The van der Waals surface area contributed by atoms with Crippen LogP contribution in [0.4, 0.5) is 8.78 Å². The van der Waals surface area contributed by atoms with Crippen LogP contribution in [-0.4, -0.2) is 17.7 Å². The van der Waals surface area contributed by atoms with Crippen LogP contribution in [0.2, 0.25) is 0 Å². The molecular formula is C18H20F2N2. The van der Waals surface area contributed by atoms with Crippen LogP contribution in [0.5, 0.6) is 0 Å². The van der Waals surface area contributed by atoms with E-state index in [-0.39, 0.29) is 11.6 Å². The molecule has 1 heterocycles. The van der Waals surface area contributed by atoms with E-state index in [1.165, 1.54) is 24.3 Å². The molecule has 0 fully saturated rings. The summed E-state index contributed by atoms with van der Waals surface area (Å²) >= 11 is 0. The largest absolute Gasteiger partial charge is 0.340 e. The molecule has 2 aromatic carbocycles. The molecule has 4 heteroatoms. The molecule has 1 N–H and O–H groups in total. The normalized spacial score (nSPS) is 11.6. The minimum absolute atomic E-state index is 0.291. The molecule has 0 spiro atoms. The summed E-state index contributed by atoms with van der Waals surface area (Å²) in [5, 5.41) is 4.93. The molecule has 0 atom stereocenters. The smallest absolute Gasteiger partial charge is 0.123 e. The fourth-order valence-electron chi connectivity index (χ4n) is 2.95. The number of benzene rings is 2. The van der Waals surface area contributed by atoms with Crippen molar-refractivity contribution in [3.05, 3.63) is 48.0 Å². The molecule has 0 saturated carbocycles. The first kappa shape index (κ1) is 15.0. The Balaban J connectivity index is 1.99. The SMILES string of the molecule is CCCNCCCn1c2ccc(F)cc2c2cc(F)ccc21. The summed E-state index contributed by atoms with van der Waals surface area (Å²) in [7, 11) is 0. The van der Waals surface area contributed by atoms with Gasteiger partial charge in [0.1, 0.15) is 11.6 Å². The van der Waals surface area contributed by atoms with Crippen molar-refractivity contribution >= 4 is 21.8 Å². The Kier molecular flexibility index (Phi) is 4.39. The summed E-state index contributed by atoms with van der Waals surface area (Å²) in [6.07, 6.45) is 2.10. The number of fused-ring (bicyclic) bond motifs is 3. The van der Waals surface area contributed by atoms with Crippen molar-refractivity contribution in [2.24, 2.45) is 0 Å². The fraction of sp³-hybridized carbons (Fsp3) is 0.333. The molecule has 0 saturated heterocycles. The Hall–Kier alpha value is -1.94. The molecule has 2 nitrogen and oxygen atoms in total. The molecule has 3 aromatic rings. The number of hydrogen-bond acceptors (Lipinski definition) is 1. The maximum atomic E-state index is 13.6. The van der Waals surface area contributed by atoms with E-state index >= 15 is 0 Å². The molecule has 0 unspecified atom stereocenters. The van der Waals surface area contributed by atoms with Gasteiger partial charge < -0.3 is 9.88 Å². The maximum absolute atomic E-state index is 13.6. The van der Waals surface area contributed by atoms with E-state index in [1.807, 2.05) is 0 Å². The predicted octanol–water partition coefficient (Wildman–Crippen LogP) is 4.46. The Morgan fingerprint density at radius 2 is 1.50 bits per heavy atom. The van der Waals surface area contributed by atoms with Gasteiger partial charge in [-0.15, -0.1) is 0 Å². The van der Waals surface area contributed by atoms with E-state index in [0.717, 1.165) is 54.3 Å². The molecule has 1 aromatic heterocycles. The van der Waals surface area contributed by atoms with Crippen LogP contribution in [0.1, 0.15) is 19.8 Å². The van der Waals surface area contributed by atoms with E-state index in [2.05, 4.69) is 16.8 Å². The number of hydrogen-bond donors (Lipinski definition) is 1. The zero-order chi connectivity index (χ0) is 15.5. The Morgan fingerprint density at radius 3 is 2.05 bits per heavy atom. The van der Waals surface area contributed by atoms with Gasteiger partial charge >= 0.3 is 0 Å². The van der Waals surface area contributed by atoms with E-state index in [1.54, 1.807) is 12.1 Å². The highest BCUT2D eigenvalue weighted by atomic mass is 19.1. The van der Waals surface area contributed by atoms with Gasteiger partial charge in [0.15, 0.2) is 0 Å². The summed E-state index contributed by atoms with van der Waals surface area (Å²) in [4.78, 5) is 0. The molecule has 0 radical (unpaired) electrons. The number of nitrogens with one attached hydrogen (secondary N) is 1. The van der Waals surface area contributed by atoms with E-state index in [0.29, 0.717) is 0 Å². The number of aryl methyl sites for hydroxylation is 1. The second-order valence-electron chi connectivity index (χ2n) is 5.58. The Morgan fingerprint density at radius 1 is 0.909 bits per heavy atom. The molecule has 116 valence electrons. The number of aromatic nitrogens is 1. The lowest BCUT2D eigenvalue weighted by Gasteiger charge is -2.08. The minimum Gasteiger partial charge on any atom is -0.340 e. The molecule has 0 aliphatic heterocycles. The van der Waals surface area contributed by atoms with Gasteiger partial charge in [-0.25, -0.2) is 8.78 Å². The summed E-state index contributed by atoms with van der Waals surface area (Å²) in [6, 6.07) is 9.46. The zero-order valence-electron chi connectivity index (χ0n) is 12.7. The predicted molar refractivity (Wildman–Crippen MR) is 87.1 cm³/mol. The van der Waals surface area contributed by atoms with Crippen LogP contribution in [0.3, 0.4) is 0 Å². The first-order valence-corrected chi connectivity index (χ1v) is 7.78. The quantitative estimate of drug-likeness (QED) is 0.665. The van der Waals surface area contributed by atoms with Crippen molar-refractivity contribution in [3.63, 3.8) is 0 Å². The van der Waals surface area contributed by atoms with Crippen molar-refractivity contribution in [1.29, 1.82) is 0 Å². The highest BCUT2D eigenvalue weighted by Crippen LogP contribution is 2.30. The zero-order valence-corrected chi connectivity index (χ0v) is 12.7. The van der Waals surface area contributed by atoms with E-state index in [9.17, 15) is 8.78 Å². The van der Waals surface area contributed by atoms with Crippen LogP contribution in [0.25, 0.3) is 21.8 Å². The number of halogens is 2. The van der Waals surface area contributed by atoms with Gasteiger partial charge in [-0.2, -0.15) is 0 Å². The molecular weight excluding hydrogens is 282 g/mol. The lowest BCUT2D eigenvalue weighted by atomic mass is 10.1. The first-order chi connectivity index (χ1) is 10.7. The summed E-state index contributed by atoms with van der Waals surface area (Å²) in [5.41, 5.74) is 1.91. The fourth-order valence-corrected chi connectivity index (χ4v) is 2.95. The van der Waals surface area contributed by atoms with E-state index in [4.69, 9.17) is 0 Å². The summed E-state index contributed by atoms with van der Waals surface area (Å²) in [6.45, 7) is 4.93. The standard InChI is InChI=1S/C18H20F2N2/c1-2-8-21-9-3-10-22-17-6-4-13(19)11-15(17)16-12-14(20)5-7-18(16)22/h4-7,11-12,21H,2-3,8-10H2,1H3. The molecule has 0 bridgehead atoms. The third-order valence-electron chi connectivity index (χ3n) is 3.95. The highest BCUT2D eigenvalue weighted by Gasteiger charge is 2.11. The topological polar surface area (TPSA) is 17.0 Å². The number of nitrogens with zero attached hydrogens (tertiary/aromatic N) is 1. The van der Waals surface area contributed by atoms with Crippen LogP contribution >= 0.6 is 0 Å². The van der Waals surface area contributed by atoms with Crippen LogP contribution < -0.4 is 5.32 Å². The Bertz CT molecular complexity index is 733. The van der Waals surface area contributed by atoms with Gasteiger partial charge in [-0.1, -0.05) is 6.92 Å². The maximum Gasteiger partial charge on any atom is 0.123 e. The van der Waals surface area contributed by atoms with Crippen LogP contribution in [-0.2, 0) is 6.54 Å². The molecule has 3 rings (SSSR count). The lowest BCUT2D eigenvalue weighted by Crippen LogP contribution is -2.17. The molecule has 22 heavy (non-hydrogen) atoms. The van der Waals surface area contributed by atoms with Gasteiger partial charge in [-0.05, 0) is 62.3 Å². The summed E-state index contributed by atoms with van der Waals surface area (Å²) in [5.74, 6) is -0.583. The third-order valence-corrected chi connectivity index (χ3v) is 3.95. The molecule has 0 amide bonds. The van der Waals surface area contributed by atoms with Gasteiger partial charge in [0.05, 0.1) is 0 Å².